The molecule has 6 heteroatoms. The summed E-state index contributed by atoms with van der Waals surface area (Å²) in [7, 11) is 1.65. The van der Waals surface area contributed by atoms with E-state index in [2.05, 4.69) is 10.2 Å². The van der Waals surface area contributed by atoms with Crippen LogP contribution in [-0.4, -0.2) is 31.0 Å². The Labute approximate surface area is 199 Å². The second-order valence-electron chi connectivity index (χ2n) is 8.75. The van der Waals surface area contributed by atoms with E-state index in [1.807, 2.05) is 36.4 Å². The first-order valence-electron chi connectivity index (χ1n) is 11.7. The summed E-state index contributed by atoms with van der Waals surface area (Å²) in [6, 6.07) is 20.9. The fraction of sp³-hybridized carbons (Fsp3) is 0.321. The molecule has 0 aromatic heterocycles. The second-order valence-corrected chi connectivity index (χ2v) is 8.75. The van der Waals surface area contributed by atoms with Gasteiger partial charge in [0.15, 0.2) is 0 Å². The number of ether oxygens (including phenoxy) is 1. The van der Waals surface area contributed by atoms with Crippen molar-refractivity contribution in [1.29, 1.82) is 0 Å². The Balaban J connectivity index is 1.42. The largest absolute Gasteiger partial charge is 0.496 e. The van der Waals surface area contributed by atoms with Gasteiger partial charge >= 0.3 is 0 Å². The van der Waals surface area contributed by atoms with Gasteiger partial charge in [0.2, 0.25) is 5.91 Å². The van der Waals surface area contributed by atoms with Gasteiger partial charge in [-0.1, -0.05) is 42.5 Å². The van der Waals surface area contributed by atoms with Gasteiger partial charge < -0.3 is 10.1 Å². The molecule has 1 aliphatic rings. The van der Waals surface area contributed by atoms with Gasteiger partial charge in [-0.3, -0.25) is 9.69 Å². The number of nitrogens with one attached hydrogen (secondary N) is 1. The smallest absolute Gasteiger partial charge is 0.224 e. The number of carbonyl (C=O) groups excluding carboxylic acids is 1. The molecule has 1 aliphatic heterocycles. The van der Waals surface area contributed by atoms with E-state index in [1.54, 1.807) is 19.2 Å². The number of likely N-dealkylation sites (tertiary alicyclic amines) is 1. The Hall–Kier alpha value is -3.25. The van der Waals surface area contributed by atoms with Crippen LogP contribution < -0.4 is 10.1 Å². The summed E-state index contributed by atoms with van der Waals surface area (Å²) < 4.78 is 32.3. The van der Waals surface area contributed by atoms with Crippen LogP contribution in [0.2, 0.25) is 0 Å². The molecule has 1 saturated heterocycles. The molecule has 1 fully saturated rings. The molecule has 3 aromatic carbocycles. The zero-order valence-corrected chi connectivity index (χ0v) is 19.3. The number of benzene rings is 3. The SMILES string of the molecule is COc1ccccc1CCNC(=O)C1CCC(c2ccc(F)cc2)N(Cc2ccc(F)cc2)C1. The van der Waals surface area contributed by atoms with Crippen LogP contribution in [0.4, 0.5) is 8.78 Å². The van der Waals surface area contributed by atoms with Gasteiger partial charge in [0.05, 0.1) is 13.0 Å². The number of para-hydroxylation sites is 1. The Morgan fingerprint density at radius 1 is 0.971 bits per heavy atom. The third kappa shape index (κ3) is 6.00. The average molecular weight is 465 g/mol. The number of carbonyl (C=O) groups is 1. The number of halogens is 2. The predicted molar refractivity (Wildman–Crippen MR) is 128 cm³/mol. The Bertz CT molecular complexity index is 1090. The highest BCUT2D eigenvalue weighted by atomic mass is 19.1. The lowest BCUT2D eigenvalue weighted by molar-refractivity contribution is -0.127. The molecule has 1 amide bonds. The molecule has 2 unspecified atom stereocenters. The number of hydrogen-bond acceptors (Lipinski definition) is 3. The van der Waals surface area contributed by atoms with Crippen LogP contribution in [0, 0.1) is 17.6 Å². The molecule has 178 valence electrons. The van der Waals surface area contributed by atoms with E-state index in [9.17, 15) is 13.6 Å². The summed E-state index contributed by atoms with van der Waals surface area (Å²) in [4.78, 5) is 15.2. The highest BCUT2D eigenvalue weighted by molar-refractivity contribution is 5.79. The molecule has 0 saturated carbocycles. The maximum Gasteiger partial charge on any atom is 0.224 e. The minimum atomic E-state index is -0.273. The highest BCUT2D eigenvalue weighted by Crippen LogP contribution is 2.35. The molecule has 4 rings (SSSR count). The van der Waals surface area contributed by atoms with E-state index in [4.69, 9.17) is 4.74 Å². The summed E-state index contributed by atoms with van der Waals surface area (Å²) >= 11 is 0. The third-order valence-electron chi connectivity index (χ3n) is 6.49. The minimum absolute atomic E-state index is 0.0385. The molecule has 2 atom stereocenters. The van der Waals surface area contributed by atoms with Gasteiger partial charge in [-0.2, -0.15) is 0 Å². The van der Waals surface area contributed by atoms with Crippen LogP contribution in [0.5, 0.6) is 5.75 Å². The fourth-order valence-corrected chi connectivity index (χ4v) is 4.69. The molecule has 0 bridgehead atoms. The standard InChI is InChI=1S/C28H30F2N2O2/c1-34-27-5-3-2-4-22(27)16-17-31-28(33)23-10-15-26(21-8-13-25(30)14-9-21)32(19-23)18-20-6-11-24(29)12-7-20/h2-9,11-14,23,26H,10,15-19H2,1H3,(H,31,33). The molecule has 4 nitrogen and oxygen atoms in total. The molecule has 0 spiro atoms. The van der Waals surface area contributed by atoms with Crippen molar-refractivity contribution in [3.63, 3.8) is 0 Å². The first-order valence-corrected chi connectivity index (χ1v) is 11.7. The van der Waals surface area contributed by atoms with Crippen molar-refractivity contribution in [3.8, 4) is 5.75 Å². The van der Waals surface area contributed by atoms with Crippen LogP contribution in [-0.2, 0) is 17.8 Å². The quantitative estimate of drug-likeness (QED) is 0.493. The lowest BCUT2D eigenvalue weighted by Crippen LogP contribution is -2.44. The van der Waals surface area contributed by atoms with E-state index in [1.165, 1.54) is 24.3 Å². The normalized spacial score (nSPS) is 18.4. The van der Waals surface area contributed by atoms with Gasteiger partial charge in [0.25, 0.3) is 0 Å². The summed E-state index contributed by atoms with van der Waals surface area (Å²) in [6.45, 7) is 1.71. The zero-order chi connectivity index (χ0) is 23.9. The van der Waals surface area contributed by atoms with Crippen molar-refractivity contribution in [2.24, 2.45) is 5.92 Å². The number of piperidine rings is 1. The van der Waals surface area contributed by atoms with Crippen molar-refractivity contribution >= 4 is 5.91 Å². The van der Waals surface area contributed by atoms with Crippen LogP contribution >= 0.6 is 0 Å². The fourth-order valence-electron chi connectivity index (χ4n) is 4.69. The van der Waals surface area contributed by atoms with Gasteiger partial charge in [-0.25, -0.2) is 8.78 Å². The molecule has 0 radical (unpaired) electrons. The topological polar surface area (TPSA) is 41.6 Å². The average Bonchev–Trinajstić information content (AvgIpc) is 2.86. The summed E-state index contributed by atoms with van der Waals surface area (Å²) in [5, 5.41) is 3.09. The van der Waals surface area contributed by atoms with Gasteiger partial charge in [-0.05, 0) is 66.3 Å². The highest BCUT2D eigenvalue weighted by Gasteiger charge is 2.32. The minimum Gasteiger partial charge on any atom is -0.496 e. The van der Waals surface area contributed by atoms with Crippen LogP contribution in [0.15, 0.2) is 72.8 Å². The molecule has 34 heavy (non-hydrogen) atoms. The van der Waals surface area contributed by atoms with Crippen molar-refractivity contribution in [1.82, 2.24) is 10.2 Å². The lowest BCUT2D eigenvalue weighted by atomic mass is 9.88. The predicted octanol–water partition coefficient (Wildman–Crippen LogP) is 5.29. The summed E-state index contributed by atoms with van der Waals surface area (Å²) in [6.07, 6.45) is 2.24. The molecular formula is C28H30F2N2O2. The van der Waals surface area contributed by atoms with Gasteiger partial charge in [0.1, 0.15) is 17.4 Å². The van der Waals surface area contributed by atoms with E-state index < -0.39 is 0 Å². The molecule has 3 aromatic rings. The molecule has 0 aliphatic carbocycles. The van der Waals surface area contributed by atoms with Crippen molar-refractivity contribution in [2.45, 2.75) is 31.8 Å². The first-order chi connectivity index (χ1) is 16.5. The van der Waals surface area contributed by atoms with Gasteiger partial charge in [-0.15, -0.1) is 0 Å². The zero-order valence-electron chi connectivity index (χ0n) is 19.3. The molecule has 1 N–H and O–H groups in total. The first kappa shape index (κ1) is 23.9. The third-order valence-corrected chi connectivity index (χ3v) is 6.49. The maximum atomic E-state index is 13.5. The van der Waals surface area contributed by atoms with E-state index in [0.717, 1.165) is 35.3 Å². The Morgan fingerprint density at radius 2 is 1.65 bits per heavy atom. The number of amides is 1. The van der Waals surface area contributed by atoms with Crippen LogP contribution in [0.3, 0.4) is 0 Å². The van der Waals surface area contributed by atoms with Crippen molar-refractivity contribution in [2.75, 3.05) is 20.2 Å². The van der Waals surface area contributed by atoms with Crippen molar-refractivity contribution in [3.05, 3.63) is 101 Å². The van der Waals surface area contributed by atoms with E-state index >= 15 is 0 Å². The van der Waals surface area contributed by atoms with Crippen molar-refractivity contribution < 1.29 is 18.3 Å². The Morgan fingerprint density at radius 3 is 2.35 bits per heavy atom. The van der Waals surface area contributed by atoms with Crippen LogP contribution in [0.1, 0.15) is 35.6 Å². The monoisotopic (exact) mass is 464 g/mol. The number of rotatable bonds is 8. The van der Waals surface area contributed by atoms with Gasteiger partial charge in [0, 0.05) is 25.7 Å². The molecule has 1 heterocycles. The Kier molecular flexibility index (Phi) is 7.91. The number of nitrogens with zero attached hydrogens (tertiary/aromatic N) is 1. The summed E-state index contributed by atoms with van der Waals surface area (Å²) in [5.41, 5.74) is 3.06. The van der Waals surface area contributed by atoms with E-state index in [-0.39, 0.29) is 29.5 Å². The second kappa shape index (κ2) is 11.3. The maximum absolute atomic E-state index is 13.5. The summed E-state index contributed by atoms with van der Waals surface area (Å²) in [5.74, 6) is 0.176. The molecular weight excluding hydrogens is 434 g/mol. The van der Waals surface area contributed by atoms with E-state index in [0.29, 0.717) is 26.1 Å². The lowest BCUT2D eigenvalue weighted by Gasteiger charge is -2.39. The number of hydrogen-bond donors (Lipinski definition) is 1. The van der Waals surface area contributed by atoms with Crippen LogP contribution in [0.25, 0.3) is 0 Å². The number of methoxy groups -OCH3 is 1.